The topological polar surface area (TPSA) is 73.9 Å². The molecule has 6 rings (SSSR count). The van der Waals surface area contributed by atoms with Crippen molar-refractivity contribution in [2.75, 3.05) is 52.4 Å². The zero-order chi connectivity index (χ0) is 85.7. The Balaban J connectivity index is 0.000000780. The van der Waals surface area contributed by atoms with Gasteiger partial charge in [-0.15, -0.1) is 12.3 Å². The molecule has 0 amide bonds. The molecule has 2 aromatic rings. The van der Waals surface area contributed by atoms with Crippen LogP contribution in [0.4, 0.5) is 26.3 Å². The van der Waals surface area contributed by atoms with Crippen molar-refractivity contribution in [3.63, 3.8) is 0 Å². The number of benzene rings is 2. The van der Waals surface area contributed by atoms with Gasteiger partial charge >= 0.3 is 12.4 Å². The lowest BCUT2D eigenvalue weighted by atomic mass is 10.00. The summed E-state index contributed by atoms with van der Waals surface area (Å²) in [6, 6.07) is 7.54. The Morgan fingerprint density at radius 3 is 0.767 bits per heavy atom. The first-order chi connectivity index (χ1) is 58.0. The van der Waals surface area contributed by atoms with E-state index in [4.69, 9.17) is 11.2 Å². The fourth-order valence-electron chi connectivity index (χ4n) is 7.93. The van der Waals surface area contributed by atoms with Crippen LogP contribution in [0.5, 0.6) is 0 Å². The first kappa shape index (κ1) is 98.7. The minimum absolute atomic E-state index is 0. The number of rotatable bonds is 4. The second kappa shape index (κ2) is 66.2. The van der Waals surface area contributed by atoms with E-state index in [1.807, 2.05) is 0 Å². The number of nitrogens with one attached hydrogen (secondary N) is 2. The Morgan fingerprint density at radius 2 is 0.575 bits per heavy atom. The predicted octanol–water partition coefficient (Wildman–Crippen LogP) is 8.16. The number of hydrogen-bond acceptors (Lipinski definition) is 7. The molecule has 0 unspecified atom stereocenters. The van der Waals surface area contributed by atoms with Gasteiger partial charge < -0.3 is 10.1 Å². The number of terminal acetylenes is 1. The predicted molar refractivity (Wildman–Crippen MR) is 461 cm³/mol. The Kier molecular flexibility index (Phi) is 54.4. The van der Waals surface area contributed by atoms with E-state index in [2.05, 4.69) is 468 Å². The Hall–Kier alpha value is -17.4. The van der Waals surface area contributed by atoms with Gasteiger partial charge in [-0.2, -0.15) is 33.3 Å². The summed E-state index contributed by atoms with van der Waals surface area (Å²) in [4.78, 5) is 25.9. The van der Waals surface area contributed by atoms with Gasteiger partial charge in [0.25, 0.3) is 0 Å². The van der Waals surface area contributed by atoms with Gasteiger partial charge in [-0.3, -0.25) is 30.6 Å². The smallest absolute Gasteiger partial charge is 0.359 e. The summed E-state index contributed by atoms with van der Waals surface area (Å²) >= 11 is 6.45. The molecule has 0 aromatic heterocycles. The number of halogens is 8. The number of ketones is 2. The molecular weight excluding hydrogens is 1640 g/mol. The molecule has 2 N–H and O–H groups in total. The third kappa shape index (κ3) is 54.3. The van der Waals surface area contributed by atoms with Gasteiger partial charge in [0.05, 0.1) is 17.7 Å². The lowest BCUT2D eigenvalue weighted by Gasteiger charge is -2.38. The molecule has 0 atom stereocenters. The van der Waals surface area contributed by atoms with Crippen molar-refractivity contribution in [3.05, 3.63) is 74.5 Å². The van der Waals surface area contributed by atoms with E-state index in [0.717, 1.165) is 100 Å². The SMILES string of the molecule is C.C#CC#CC#CC#CC#CC#CC#CC#CC#CC#CC#CC#CC#CC#CC#CC#CC#CC#CC#CC#CC#CC#CC#CC#CC#CC#CC#CC#CC#CC#CC#CC#CC#CC#CC#C[CH2-].FC(F)(F)c1ccc(CN2CCC3(CC2)NCCO3)c(Br)c1.O=C1CCN(Cc2ccc(C(F)(F)F)cc2Br)CC1.O=C1CCNCC1. The molecule has 4 aliphatic heterocycles. The number of nitrogens with zero attached hydrogens (tertiary/aromatic N) is 2. The third-order valence-corrected chi connectivity index (χ3v) is 14.5. The summed E-state index contributed by atoms with van der Waals surface area (Å²) < 4.78 is 82.4. The van der Waals surface area contributed by atoms with E-state index in [1.165, 1.54) is 6.07 Å². The van der Waals surface area contributed by atoms with Crippen LogP contribution >= 0.6 is 31.9 Å². The van der Waals surface area contributed by atoms with Crippen LogP contribution in [-0.4, -0.2) is 79.5 Å². The van der Waals surface area contributed by atoms with Crippen molar-refractivity contribution >= 4 is 43.4 Å². The van der Waals surface area contributed by atoms with Crippen molar-refractivity contribution in [1.82, 2.24) is 20.4 Å². The van der Waals surface area contributed by atoms with Crippen LogP contribution in [-0.2, 0) is 39.8 Å². The van der Waals surface area contributed by atoms with Crippen molar-refractivity contribution < 1.29 is 40.7 Å². The van der Waals surface area contributed by atoms with Gasteiger partial charge in [0, 0.05) is 402 Å². The summed E-state index contributed by atoms with van der Waals surface area (Å²) in [5.41, 5.74) is 0.237. The standard InChI is InChI=1S/C71H3.C15H18BrF3N2O.C13H13BrF3NO.C5H9NO.CH4/c1-3-5-7-9-11-13-15-17-19-21-23-25-27-29-31-33-35-37-39-41-43-45-47-49-51-53-55-57-59-61-63-65-67-69-71-70-68-66-64-62-60-58-56-54-52-50-48-46-44-42-40-38-36-34-32-30-28-26-24-22-20-18-16-14-12-10-8-6-4-2;16-13-9-12(15(17,18)19)2-1-11(13)10-21-6-3-14(4-7-21)20-5-8-22-14;14-12-7-10(13(15,16)17)2-1-9(12)8-18-5-3-11(19)4-6-18;7-5-1-3-6-4-2-5;/h1H,2H2;1-2,9,20H,3-8,10H2;1-2,7H,3-6,8H2;6H,1-4H2;1H4/q-1;;;;. The fourth-order valence-corrected chi connectivity index (χ4v) is 8.94. The highest BCUT2D eigenvalue weighted by Crippen LogP contribution is 2.35. The maximum absolute atomic E-state index is 12.7. The van der Waals surface area contributed by atoms with Gasteiger partial charge in [0.15, 0.2) is 0 Å². The number of likely N-dealkylation sites (tertiary alicyclic amines) is 2. The molecule has 4 saturated heterocycles. The number of carbonyl (C=O) groups excluding carboxylic acids is 2. The van der Waals surface area contributed by atoms with Crippen molar-refractivity contribution in [2.45, 2.75) is 77.1 Å². The van der Waals surface area contributed by atoms with Crippen LogP contribution in [0.1, 0.15) is 68.2 Å². The molecule has 7 nitrogen and oxygen atoms in total. The third-order valence-electron chi connectivity index (χ3n) is 13.0. The van der Waals surface area contributed by atoms with Gasteiger partial charge in [0.1, 0.15) is 17.3 Å². The van der Waals surface area contributed by atoms with Crippen LogP contribution in [0.2, 0.25) is 0 Å². The number of Topliss-reactive ketones (excluding diaryl/α,β-unsaturated/α-hetero) is 2. The largest absolute Gasteiger partial charge is 0.416 e. The average Bonchev–Trinajstić information content (AvgIpc) is 1.55. The van der Waals surface area contributed by atoms with Crippen LogP contribution in [0.3, 0.4) is 0 Å². The number of ether oxygens (including phenoxy) is 1. The zero-order valence-electron chi connectivity index (χ0n) is 62.2. The zero-order valence-corrected chi connectivity index (χ0v) is 65.4. The molecule has 4 heterocycles. The average molecular weight is 1690 g/mol. The fraction of sp³-hybridized carbons (Fsp3) is 0.190. The molecule has 0 bridgehead atoms. The van der Waals surface area contributed by atoms with Crippen LogP contribution < -0.4 is 10.6 Å². The minimum atomic E-state index is -4.32. The molecular formula is C105H47Br2F6N4O3-. The molecule has 120 heavy (non-hydrogen) atoms. The van der Waals surface area contributed by atoms with Gasteiger partial charge in [0.2, 0.25) is 0 Å². The van der Waals surface area contributed by atoms with Crippen LogP contribution in [0.25, 0.3) is 0 Å². The van der Waals surface area contributed by atoms with E-state index in [0.29, 0.717) is 53.7 Å². The molecule has 0 saturated carbocycles. The number of alkyl halides is 6. The van der Waals surface area contributed by atoms with Crippen LogP contribution in [0.15, 0.2) is 45.3 Å². The first-order valence-corrected chi connectivity index (χ1v) is 35.2. The van der Waals surface area contributed by atoms with Gasteiger partial charge in [-0.25, -0.2) is 5.92 Å². The molecule has 1 spiro atoms. The number of carbonyl (C=O) groups is 2. The Morgan fingerprint density at radius 1 is 0.350 bits per heavy atom. The normalized spacial score (nSPS) is 10.6. The van der Waals surface area contributed by atoms with Gasteiger partial charge in [-0.1, -0.05) is 51.4 Å². The number of piperidine rings is 3. The molecule has 0 radical (unpaired) electrons. The lowest BCUT2D eigenvalue weighted by Crippen LogP contribution is -2.50. The summed E-state index contributed by atoms with van der Waals surface area (Å²) in [7, 11) is 0. The van der Waals surface area contributed by atoms with Crippen molar-refractivity contribution in [2.24, 2.45) is 0 Å². The van der Waals surface area contributed by atoms with E-state index in [9.17, 15) is 35.9 Å². The van der Waals surface area contributed by atoms with E-state index >= 15 is 0 Å². The Bertz CT molecular complexity index is 6750. The quantitative estimate of drug-likeness (QED) is 0.182. The van der Waals surface area contributed by atoms with Crippen molar-refractivity contribution in [1.29, 1.82) is 0 Å². The summed E-state index contributed by atoms with van der Waals surface area (Å²) in [6.07, 6.45) is 0.664. The highest BCUT2D eigenvalue weighted by atomic mass is 79.9. The van der Waals surface area contributed by atoms with Gasteiger partial charge in [-0.05, 0) is 130 Å². The maximum Gasteiger partial charge on any atom is 0.416 e. The molecule has 4 fully saturated rings. The molecule has 2 aromatic carbocycles. The molecule has 562 valence electrons. The summed E-state index contributed by atoms with van der Waals surface area (Å²) in [6.45, 7) is 11.0. The Labute approximate surface area is 718 Å². The molecule has 0 aliphatic carbocycles. The second-order valence-corrected chi connectivity index (χ2v) is 22.7. The maximum atomic E-state index is 12.7. The second-order valence-electron chi connectivity index (χ2n) is 21.0. The number of hydrogen-bond donors (Lipinski definition) is 2. The van der Waals surface area contributed by atoms with E-state index in [-0.39, 0.29) is 18.9 Å². The molecule has 4 aliphatic rings. The first-order valence-electron chi connectivity index (χ1n) is 33.6. The molecule has 15 heteroatoms. The highest BCUT2D eigenvalue weighted by molar-refractivity contribution is 9.10. The van der Waals surface area contributed by atoms with E-state index < -0.39 is 23.5 Å². The lowest BCUT2D eigenvalue weighted by molar-refractivity contribution is -0.138. The van der Waals surface area contributed by atoms with Crippen molar-refractivity contribution in [3.8, 4) is 415 Å². The summed E-state index contributed by atoms with van der Waals surface area (Å²) in [5.74, 6) is 172. The van der Waals surface area contributed by atoms with E-state index in [1.54, 1.807) is 6.07 Å². The summed E-state index contributed by atoms with van der Waals surface area (Å²) in [5, 5.41) is 6.50. The van der Waals surface area contributed by atoms with Crippen LogP contribution in [0, 0.1) is 422 Å². The minimum Gasteiger partial charge on any atom is -0.359 e. The monoisotopic (exact) mass is 1680 g/mol. The highest BCUT2D eigenvalue weighted by Gasteiger charge is 2.38.